The molecule has 3 aromatic rings. The molecule has 0 saturated heterocycles. The molecule has 2 unspecified atom stereocenters. The van der Waals surface area contributed by atoms with Crippen molar-refractivity contribution in [2.24, 2.45) is 0 Å². The number of ether oxygens (including phenoxy) is 1. The minimum absolute atomic E-state index is 0.00739. The van der Waals surface area contributed by atoms with Crippen molar-refractivity contribution in [3.8, 4) is 16.9 Å². The van der Waals surface area contributed by atoms with Crippen molar-refractivity contribution >= 4 is 29.4 Å². The number of alkyl halides is 3. The summed E-state index contributed by atoms with van der Waals surface area (Å²) in [5.41, 5.74) is -3.48. The Morgan fingerprint density at radius 1 is 1.03 bits per heavy atom. The van der Waals surface area contributed by atoms with Crippen molar-refractivity contribution in [2.45, 2.75) is 24.6 Å². The third kappa shape index (κ3) is 4.85. The van der Waals surface area contributed by atoms with Gasteiger partial charge >= 0.3 is 12.3 Å². The van der Waals surface area contributed by atoms with E-state index in [1.54, 1.807) is 0 Å². The number of aromatic nitrogens is 1. The summed E-state index contributed by atoms with van der Waals surface area (Å²) < 4.78 is 46.6. The molecule has 1 aromatic heterocycles. The van der Waals surface area contributed by atoms with Crippen molar-refractivity contribution in [1.82, 2.24) is 4.98 Å². The SMILES string of the molecule is CC(c1ccc(-c2ccc(OC(=O)O)c(Cl)c2)cc1Cl)C(O)(c1ccc(=O)[nH]c1)C(F)(F)F. The van der Waals surface area contributed by atoms with E-state index in [4.69, 9.17) is 28.3 Å². The van der Waals surface area contributed by atoms with Gasteiger partial charge in [0.2, 0.25) is 5.56 Å². The van der Waals surface area contributed by atoms with E-state index in [1.807, 2.05) is 0 Å². The largest absolute Gasteiger partial charge is 0.511 e. The Morgan fingerprint density at radius 2 is 1.64 bits per heavy atom. The predicted molar refractivity (Wildman–Crippen MR) is 116 cm³/mol. The van der Waals surface area contributed by atoms with E-state index in [1.165, 1.54) is 43.3 Å². The second kappa shape index (κ2) is 9.09. The van der Waals surface area contributed by atoms with Crippen LogP contribution in [0.15, 0.2) is 59.5 Å². The van der Waals surface area contributed by atoms with Gasteiger partial charge in [0.25, 0.3) is 0 Å². The minimum atomic E-state index is -5.08. The molecule has 0 spiro atoms. The summed E-state index contributed by atoms with van der Waals surface area (Å²) in [7, 11) is 0. The van der Waals surface area contributed by atoms with Gasteiger partial charge in [-0.3, -0.25) is 4.79 Å². The highest BCUT2D eigenvalue weighted by atomic mass is 35.5. The Hall–Kier alpha value is -3.01. The molecular formula is C22H16Cl2F3NO5. The number of hydrogen-bond acceptors (Lipinski definition) is 4. The standard InChI is InChI=1S/C22H16Cl2F3NO5/c1-11(21(32,22(25,26)27)14-4-7-19(29)28-10-14)15-5-2-12(8-16(15)23)13-3-6-18(17(24)9-13)33-20(30)31/h2-11,32H,1H3,(H,28,29)(H,30,31). The number of rotatable bonds is 5. The molecule has 0 saturated carbocycles. The van der Waals surface area contributed by atoms with Crippen LogP contribution in [0, 0.1) is 0 Å². The number of carboxylic acid groups (broad SMARTS) is 1. The van der Waals surface area contributed by atoms with E-state index in [0.29, 0.717) is 11.1 Å². The maximum Gasteiger partial charge on any atom is 0.511 e. The molecule has 0 bridgehead atoms. The number of aliphatic hydroxyl groups is 1. The first-order chi connectivity index (χ1) is 15.3. The van der Waals surface area contributed by atoms with Crippen LogP contribution in [0.1, 0.15) is 24.0 Å². The maximum atomic E-state index is 14.0. The molecule has 2 atom stereocenters. The van der Waals surface area contributed by atoms with Crippen LogP contribution in [0.3, 0.4) is 0 Å². The van der Waals surface area contributed by atoms with Crippen molar-refractivity contribution < 1.29 is 32.9 Å². The lowest BCUT2D eigenvalue weighted by Gasteiger charge is -2.36. The number of nitrogens with one attached hydrogen (secondary N) is 1. The van der Waals surface area contributed by atoms with Gasteiger partial charge in [0.15, 0.2) is 11.4 Å². The molecule has 3 N–H and O–H groups in total. The van der Waals surface area contributed by atoms with Crippen LogP contribution in [0.2, 0.25) is 10.0 Å². The van der Waals surface area contributed by atoms with Gasteiger partial charge in [-0.1, -0.05) is 48.3 Å². The number of pyridine rings is 1. The summed E-state index contributed by atoms with van der Waals surface area (Å²) in [6.07, 6.45) is -5.80. The number of halogens is 5. The van der Waals surface area contributed by atoms with Gasteiger partial charge in [0.05, 0.1) is 5.02 Å². The van der Waals surface area contributed by atoms with Gasteiger partial charge in [-0.2, -0.15) is 13.2 Å². The summed E-state index contributed by atoms with van der Waals surface area (Å²) in [5.74, 6) is -1.62. The van der Waals surface area contributed by atoms with E-state index in [-0.39, 0.29) is 21.4 Å². The highest BCUT2D eigenvalue weighted by molar-refractivity contribution is 6.32. The van der Waals surface area contributed by atoms with E-state index >= 15 is 0 Å². The lowest BCUT2D eigenvalue weighted by atomic mass is 9.78. The van der Waals surface area contributed by atoms with Crippen molar-refractivity contribution in [1.29, 1.82) is 0 Å². The predicted octanol–water partition coefficient (Wildman–Crippen LogP) is 5.96. The van der Waals surface area contributed by atoms with Gasteiger partial charge < -0.3 is 19.9 Å². The van der Waals surface area contributed by atoms with Gasteiger partial charge in [-0.05, 0) is 41.0 Å². The second-order valence-electron chi connectivity index (χ2n) is 7.18. The van der Waals surface area contributed by atoms with Crippen LogP contribution in [0.25, 0.3) is 11.1 Å². The monoisotopic (exact) mass is 501 g/mol. The molecule has 2 aromatic carbocycles. The first-order valence-electron chi connectivity index (χ1n) is 9.33. The van der Waals surface area contributed by atoms with Crippen molar-refractivity contribution in [2.75, 3.05) is 0 Å². The number of benzene rings is 2. The Kier molecular flexibility index (Phi) is 6.78. The zero-order valence-corrected chi connectivity index (χ0v) is 18.3. The average molecular weight is 502 g/mol. The van der Waals surface area contributed by atoms with Crippen molar-refractivity contribution in [3.63, 3.8) is 0 Å². The van der Waals surface area contributed by atoms with Crippen LogP contribution < -0.4 is 10.3 Å². The summed E-state index contributed by atoms with van der Waals surface area (Å²) in [6, 6.07) is 10.3. The fourth-order valence-electron chi connectivity index (χ4n) is 3.45. The van der Waals surface area contributed by atoms with E-state index < -0.39 is 35.0 Å². The summed E-state index contributed by atoms with van der Waals surface area (Å²) in [6.45, 7) is 1.17. The summed E-state index contributed by atoms with van der Waals surface area (Å²) in [5, 5.41) is 19.5. The summed E-state index contributed by atoms with van der Waals surface area (Å²) >= 11 is 12.3. The van der Waals surface area contributed by atoms with Gasteiger partial charge in [-0.15, -0.1) is 0 Å². The van der Waals surface area contributed by atoms with Crippen LogP contribution in [0.4, 0.5) is 18.0 Å². The van der Waals surface area contributed by atoms with Gasteiger partial charge in [-0.25, -0.2) is 4.79 Å². The third-order valence-corrected chi connectivity index (χ3v) is 5.84. The molecular weight excluding hydrogens is 486 g/mol. The minimum Gasteiger partial charge on any atom is -0.449 e. The quantitative estimate of drug-likeness (QED) is 0.296. The van der Waals surface area contributed by atoms with Crippen LogP contribution in [0.5, 0.6) is 5.75 Å². The molecule has 0 aliphatic carbocycles. The molecule has 0 amide bonds. The first-order valence-corrected chi connectivity index (χ1v) is 10.1. The molecule has 0 aliphatic heterocycles. The van der Waals surface area contributed by atoms with Crippen LogP contribution in [-0.2, 0) is 5.60 Å². The molecule has 1 heterocycles. The Bertz CT molecular complexity index is 1240. The maximum absolute atomic E-state index is 14.0. The molecule has 11 heteroatoms. The zero-order valence-electron chi connectivity index (χ0n) is 16.8. The number of hydrogen-bond donors (Lipinski definition) is 3. The molecule has 174 valence electrons. The third-order valence-electron chi connectivity index (χ3n) is 5.21. The molecule has 0 aliphatic rings. The molecule has 3 rings (SSSR count). The fourth-order valence-corrected chi connectivity index (χ4v) is 4.01. The van der Waals surface area contributed by atoms with Crippen LogP contribution >= 0.6 is 23.2 Å². The molecule has 33 heavy (non-hydrogen) atoms. The van der Waals surface area contributed by atoms with E-state index in [9.17, 15) is 27.9 Å². The van der Waals surface area contributed by atoms with E-state index in [2.05, 4.69) is 9.72 Å². The fraction of sp³-hybridized carbons (Fsp3) is 0.182. The van der Waals surface area contributed by atoms with E-state index in [0.717, 1.165) is 18.3 Å². The smallest absolute Gasteiger partial charge is 0.449 e. The number of aromatic amines is 1. The summed E-state index contributed by atoms with van der Waals surface area (Å²) in [4.78, 5) is 24.1. The number of H-pyrrole nitrogens is 1. The molecule has 0 radical (unpaired) electrons. The van der Waals surface area contributed by atoms with Gasteiger partial charge in [0, 0.05) is 28.8 Å². The highest BCUT2D eigenvalue weighted by Crippen LogP contribution is 2.49. The Labute approximate surface area is 195 Å². The highest BCUT2D eigenvalue weighted by Gasteiger charge is 2.59. The zero-order chi connectivity index (χ0) is 24.6. The van der Waals surface area contributed by atoms with Crippen LogP contribution in [-0.4, -0.2) is 27.5 Å². The van der Waals surface area contributed by atoms with Crippen molar-refractivity contribution in [3.05, 3.63) is 86.3 Å². The second-order valence-corrected chi connectivity index (χ2v) is 7.99. The van der Waals surface area contributed by atoms with Gasteiger partial charge in [0.1, 0.15) is 0 Å². The lowest BCUT2D eigenvalue weighted by molar-refractivity contribution is -0.274. The average Bonchev–Trinajstić information content (AvgIpc) is 2.73. The topological polar surface area (TPSA) is 99.6 Å². The molecule has 6 nitrogen and oxygen atoms in total. The normalized spacial score (nSPS) is 14.4. The Morgan fingerprint density at radius 3 is 2.12 bits per heavy atom. The Balaban J connectivity index is 2.02. The molecule has 0 fully saturated rings. The lowest BCUT2D eigenvalue weighted by Crippen LogP contribution is -2.46. The first kappa shape index (κ1) is 24.6. The number of carbonyl (C=O) groups is 1.